The van der Waals surface area contributed by atoms with Crippen molar-refractivity contribution in [1.82, 2.24) is 10.2 Å². The number of nitrogens with one attached hydrogen (secondary N) is 1. The number of morpholine rings is 1. The third-order valence-electron chi connectivity index (χ3n) is 4.15. The fraction of sp³-hybridized carbons (Fsp3) is 0.611. The largest absolute Gasteiger partial charge is 0.382 e. The van der Waals surface area contributed by atoms with Crippen LogP contribution in [0.15, 0.2) is 29.3 Å². The first-order valence-electron chi connectivity index (χ1n) is 8.89. The topological polar surface area (TPSA) is 72.1 Å². The van der Waals surface area contributed by atoms with Gasteiger partial charge in [0.05, 0.1) is 25.8 Å². The monoisotopic (exact) mass is 480 g/mol. The molecule has 2 rings (SSSR count). The number of hydrogen-bond acceptors (Lipinski definition) is 4. The van der Waals surface area contributed by atoms with Gasteiger partial charge in [-0.1, -0.05) is 12.1 Å². The van der Waals surface area contributed by atoms with E-state index in [4.69, 9.17) is 15.2 Å². The Morgan fingerprint density at radius 2 is 2.04 bits per heavy atom. The van der Waals surface area contributed by atoms with Crippen molar-refractivity contribution in [2.45, 2.75) is 19.4 Å². The highest BCUT2D eigenvalue weighted by Crippen LogP contribution is 2.22. The molecular formula is C18H30FIN4O2. The van der Waals surface area contributed by atoms with Gasteiger partial charge in [0.15, 0.2) is 5.96 Å². The maximum absolute atomic E-state index is 13.2. The smallest absolute Gasteiger partial charge is 0.188 e. The van der Waals surface area contributed by atoms with Crippen molar-refractivity contribution in [1.29, 1.82) is 0 Å². The summed E-state index contributed by atoms with van der Waals surface area (Å²) in [7, 11) is 0. The fourth-order valence-corrected chi connectivity index (χ4v) is 2.78. The lowest BCUT2D eigenvalue weighted by molar-refractivity contribution is 0.0179. The van der Waals surface area contributed by atoms with Gasteiger partial charge in [0.25, 0.3) is 0 Å². The summed E-state index contributed by atoms with van der Waals surface area (Å²) in [6.07, 6.45) is 0.884. The van der Waals surface area contributed by atoms with Gasteiger partial charge in [0, 0.05) is 32.8 Å². The van der Waals surface area contributed by atoms with Crippen LogP contribution in [0.3, 0.4) is 0 Å². The SMILES string of the molecule is CCOCCCNC(N)=NCC(c1ccc(F)cc1)N1CCOCC1.I. The zero-order chi connectivity index (χ0) is 17.9. The number of aliphatic imine (C=N–C) groups is 1. The van der Waals surface area contributed by atoms with Gasteiger partial charge >= 0.3 is 0 Å². The summed E-state index contributed by atoms with van der Waals surface area (Å²) < 4.78 is 24.0. The zero-order valence-electron chi connectivity index (χ0n) is 15.3. The summed E-state index contributed by atoms with van der Waals surface area (Å²) in [4.78, 5) is 6.79. The van der Waals surface area contributed by atoms with Crippen LogP contribution < -0.4 is 11.1 Å². The minimum absolute atomic E-state index is 0. The number of rotatable bonds is 9. The lowest BCUT2D eigenvalue weighted by atomic mass is 10.0. The highest BCUT2D eigenvalue weighted by molar-refractivity contribution is 14.0. The van der Waals surface area contributed by atoms with E-state index in [0.717, 1.165) is 38.2 Å². The van der Waals surface area contributed by atoms with E-state index in [9.17, 15) is 4.39 Å². The number of nitrogens with two attached hydrogens (primary N) is 1. The molecule has 26 heavy (non-hydrogen) atoms. The van der Waals surface area contributed by atoms with E-state index in [2.05, 4.69) is 15.2 Å². The quantitative estimate of drug-likeness (QED) is 0.245. The summed E-state index contributed by atoms with van der Waals surface area (Å²) >= 11 is 0. The van der Waals surface area contributed by atoms with Crippen molar-refractivity contribution in [3.05, 3.63) is 35.6 Å². The zero-order valence-corrected chi connectivity index (χ0v) is 17.7. The van der Waals surface area contributed by atoms with Crippen molar-refractivity contribution in [2.75, 3.05) is 52.6 Å². The number of halogens is 2. The number of ether oxygens (including phenoxy) is 2. The minimum atomic E-state index is -0.233. The molecule has 1 aromatic carbocycles. The molecular weight excluding hydrogens is 450 g/mol. The van der Waals surface area contributed by atoms with Crippen molar-refractivity contribution in [2.24, 2.45) is 10.7 Å². The van der Waals surface area contributed by atoms with Crippen molar-refractivity contribution >= 4 is 29.9 Å². The predicted molar refractivity (Wildman–Crippen MR) is 113 cm³/mol. The van der Waals surface area contributed by atoms with E-state index in [1.807, 2.05) is 19.1 Å². The van der Waals surface area contributed by atoms with Crippen LogP contribution in [-0.4, -0.2) is 63.5 Å². The van der Waals surface area contributed by atoms with E-state index in [-0.39, 0.29) is 35.8 Å². The Hall–Kier alpha value is -0.970. The summed E-state index contributed by atoms with van der Waals surface area (Å²) in [6.45, 7) is 7.73. The second-order valence-corrected chi connectivity index (χ2v) is 5.92. The van der Waals surface area contributed by atoms with Crippen LogP contribution in [0, 0.1) is 5.82 Å². The highest BCUT2D eigenvalue weighted by Gasteiger charge is 2.22. The highest BCUT2D eigenvalue weighted by atomic mass is 127. The van der Waals surface area contributed by atoms with Crippen molar-refractivity contribution in [3.63, 3.8) is 0 Å². The molecule has 0 radical (unpaired) electrons. The second kappa shape index (κ2) is 13.2. The Kier molecular flexibility index (Phi) is 11.7. The van der Waals surface area contributed by atoms with Gasteiger partial charge in [0.2, 0.25) is 0 Å². The Morgan fingerprint density at radius 3 is 2.69 bits per heavy atom. The molecule has 1 atom stereocenters. The van der Waals surface area contributed by atoms with Gasteiger partial charge in [-0.15, -0.1) is 24.0 Å². The average Bonchev–Trinajstić information content (AvgIpc) is 2.64. The molecule has 1 saturated heterocycles. The Balaban J connectivity index is 0.00000338. The third-order valence-corrected chi connectivity index (χ3v) is 4.15. The number of guanidine groups is 1. The van der Waals surface area contributed by atoms with E-state index in [0.29, 0.717) is 32.3 Å². The summed E-state index contributed by atoms with van der Waals surface area (Å²) in [5.74, 6) is 0.195. The van der Waals surface area contributed by atoms with Gasteiger partial charge < -0.3 is 20.5 Å². The molecule has 1 unspecified atom stereocenters. The van der Waals surface area contributed by atoms with Crippen LogP contribution in [0.1, 0.15) is 24.9 Å². The molecule has 6 nitrogen and oxygen atoms in total. The molecule has 0 bridgehead atoms. The van der Waals surface area contributed by atoms with Gasteiger partial charge in [-0.2, -0.15) is 0 Å². The lowest BCUT2D eigenvalue weighted by Gasteiger charge is -2.34. The average molecular weight is 480 g/mol. The van der Waals surface area contributed by atoms with Gasteiger partial charge in [-0.3, -0.25) is 9.89 Å². The molecule has 1 aromatic rings. The molecule has 3 N–H and O–H groups in total. The standard InChI is InChI=1S/C18H29FN4O2.HI/c1-2-24-11-3-8-21-18(20)22-14-17(23-9-12-25-13-10-23)15-4-6-16(19)7-5-15;/h4-7,17H,2-3,8-14H2,1H3,(H3,20,21,22);1H. The molecule has 1 fully saturated rings. The lowest BCUT2D eigenvalue weighted by Crippen LogP contribution is -2.41. The molecule has 8 heteroatoms. The molecule has 0 spiro atoms. The van der Waals surface area contributed by atoms with Crippen LogP contribution in [0.4, 0.5) is 4.39 Å². The summed E-state index contributed by atoms with van der Waals surface area (Å²) in [5, 5.41) is 3.10. The van der Waals surface area contributed by atoms with Gasteiger partial charge in [-0.05, 0) is 31.0 Å². The Morgan fingerprint density at radius 1 is 1.35 bits per heavy atom. The Labute approximate surface area is 172 Å². The van der Waals surface area contributed by atoms with E-state index in [1.54, 1.807) is 0 Å². The minimum Gasteiger partial charge on any atom is -0.382 e. The maximum atomic E-state index is 13.2. The van der Waals surface area contributed by atoms with E-state index in [1.165, 1.54) is 12.1 Å². The fourth-order valence-electron chi connectivity index (χ4n) is 2.78. The van der Waals surface area contributed by atoms with Gasteiger partial charge in [0.1, 0.15) is 5.82 Å². The second-order valence-electron chi connectivity index (χ2n) is 5.92. The number of benzene rings is 1. The molecule has 1 aliphatic rings. The summed E-state index contributed by atoms with van der Waals surface area (Å²) in [5.41, 5.74) is 7.00. The molecule has 0 aliphatic carbocycles. The first-order valence-corrected chi connectivity index (χ1v) is 8.89. The molecule has 0 saturated carbocycles. The molecule has 148 valence electrons. The van der Waals surface area contributed by atoms with Crippen LogP contribution in [0.2, 0.25) is 0 Å². The molecule has 1 heterocycles. The maximum Gasteiger partial charge on any atom is 0.188 e. The normalized spacial score (nSPS) is 16.8. The molecule has 1 aliphatic heterocycles. The Bertz CT molecular complexity index is 524. The summed E-state index contributed by atoms with van der Waals surface area (Å²) in [6, 6.07) is 6.67. The van der Waals surface area contributed by atoms with E-state index < -0.39 is 0 Å². The van der Waals surface area contributed by atoms with Gasteiger partial charge in [-0.25, -0.2) is 4.39 Å². The molecule has 0 aromatic heterocycles. The van der Waals surface area contributed by atoms with E-state index >= 15 is 0 Å². The van der Waals surface area contributed by atoms with Crippen molar-refractivity contribution < 1.29 is 13.9 Å². The van der Waals surface area contributed by atoms with Crippen molar-refractivity contribution in [3.8, 4) is 0 Å². The first-order chi connectivity index (χ1) is 12.2. The first kappa shape index (κ1) is 23.1. The van der Waals surface area contributed by atoms with Crippen LogP contribution in [-0.2, 0) is 9.47 Å². The third kappa shape index (κ3) is 8.15. The van der Waals surface area contributed by atoms with Crippen LogP contribution in [0.25, 0.3) is 0 Å². The van der Waals surface area contributed by atoms with Crippen LogP contribution >= 0.6 is 24.0 Å². The number of hydrogen-bond donors (Lipinski definition) is 2. The predicted octanol–water partition coefficient (Wildman–Crippen LogP) is 2.15. The molecule has 0 amide bonds. The van der Waals surface area contributed by atoms with Crippen LogP contribution in [0.5, 0.6) is 0 Å². The number of nitrogens with zero attached hydrogens (tertiary/aromatic N) is 2.